The van der Waals surface area contributed by atoms with Crippen LogP contribution in [0.2, 0.25) is 0 Å². The second-order valence-electron chi connectivity index (χ2n) is 5.43. The fourth-order valence-electron chi connectivity index (χ4n) is 2.75. The van der Waals surface area contributed by atoms with Gasteiger partial charge in [0.15, 0.2) is 5.84 Å². The lowest BCUT2D eigenvalue weighted by atomic mass is 10.1. The van der Waals surface area contributed by atoms with Crippen molar-refractivity contribution in [3.8, 4) is 0 Å². The summed E-state index contributed by atoms with van der Waals surface area (Å²) in [5, 5.41) is 11.3. The molecule has 0 saturated carbocycles. The van der Waals surface area contributed by atoms with Gasteiger partial charge in [-0.15, -0.1) is 0 Å². The molecule has 5 nitrogen and oxygen atoms in total. The summed E-state index contributed by atoms with van der Waals surface area (Å²) in [6.45, 7) is 1.55. The lowest BCUT2D eigenvalue weighted by Crippen LogP contribution is -2.37. The average Bonchev–Trinajstić information content (AvgIpc) is 2.82. The van der Waals surface area contributed by atoms with Gasteiger partial charge in [0, 0.05) is 25.2 Å². The van der Waals surface area contributed by atoms with Crippen LogP contribution in [0.25, 0.3) is 0 Å². The first kappa shape index (κ1) is 15.5. The molecular weight excluding hydrogens is 278 g/mol. The minimum Gasteiger partial charge on any atom is -0.409 e. The van der Waals surface area contributed by atoms with Gasteiger partial charge in [-0.05, 0) is 38.6 Å². The Morgan fingerprint density at radius 2 is 2.10 bits per heavy atom. The topological polar surface area (TPSA) is 65.1 Å². The molecule has 7 heteroatoms. The Morgan fingerprint density at radius 3 is 2.57 bits per heavy atom. The summed E-state index contributed by atoms with van der Waals surface area (Å²) in [5.74, 6) is -1.77. The van der Waals surface area contributed by atoms with Crippen molar-refractivity contribution >= 4 is 11.5 Å². The van der Waals surface area contributed by atoms with E-state index < -0.39 is 11.6 Å². The summed E-state index contributed by atoms with van der Waals surface area (Å²) < 4.78 is 28.3. The molecule has 0 bridgehead atoms. The van der Waals surface area contributed by atoms with Gasteiger partial charge in [0.05, 0.1) is 0 Å². The molecule has 1 aliphatic rings. The number of oxime groups is 1. The first-order chi connectivity index (χ1) is 9.93. The highest BCUT2D eigenvalue weighted by Crippen LogP contribution is 2.26. The van der Waals surface area contributed by atoms with Crippen molar-refractivity contribution in [2.75, 3.05) is 32.1 Å². The van der Waals surface area contributed by atoms with Crippen LogP contribution in [0.5, 0.6) is 0 Å². The molecule has 0 spiro atoms. The van der Waals surface area contributed by atoms with E-state index in [1.807, 2.05) is 7.05 Å². The largest absolute Gasteiger partial charge is 0.409 e. The van der Waals surface area contributed by atoms with E-state index in [-0.39, 0.29) is 23.1 Å². The second kappa shape index (κ2) is 6.26. The molecule has 0 aliphatic carbocycles. The fraction of sp³-hybridized carbons (Fsp3) is 0.500. The van der Waals surface area contributed by atoms with E-state index >= 15 is 0 Å². The van der Waals surface area contributed by atoms with E-state index in [0.29, 0.717) is 6.54 Å². The maximum Gasteiger partial charge on any atom is 0.170 e. The SMILES string of the molecule is CN(CC1CCCN1C)c1c(F)cc(C(N)=NO)cc1F. The quantitative estimate of drug-likeness (QED) is 0.383. The third-order valence-corrected chi connectivity index (χ3v) is 3.96. The molecule has 1 unspecified atom stereocenters. The van der Waals surface area contributed by atoms with Crippen LogP contribution in [0.15, 0.2) is 17.3 Å². The molecule has 1 aliphatic heterocycles. The number of nitrogens with two attached hydrogens (primary N) is 1. The first-order valence-electron chi connectivity index (χ1n) is 6.82. The van der Waals surface area contributed by atoms with Crippen molar-refractivity contribution in [1.82, 2.24) is 4.90 Å². The summed E-state index contributed by atoms with van der Waals surface area (Å²) >= 11 is 0. The molecule has 2 rings (SSSR count). The van der Waals surface area contributed by atoms with Crippen LogP contribution in [0.1, 0.15) is 18.4 Å². The van der Waals surface area contributed by atoms with Crippen LogP contribution in [0.4, 0.5) is 14.5 Å². The van der Waals surface area contributed by atoms with Gasteiger partial charge in [-0.25, -0.2) is 8.78 Å². The molecule has 1 atom stereocenters. The third kappa shape index (κ3) is 3.24. The molecule has 0 aromatic heterocycles. The Hall–Kier alpha value is -1.89. The highest BCUT2D eigenvalue weighted by atomic mass is 19.1. The maximum absolute atomic E-state index is 14.1. The number of amidine groups is 1. The number of likely N-dealkylation sites (N-methyl/N-ethyl adjacent to an activating group) is 2. The van der Waals surface area contributed by atoms with Crippen molar-refractivity contribution in [1.29, 1.82) is 0 Å². The lowest BCUT2D eigenvalue weighted by molar-refractivity contribution is 0.313. The van der Waals surface area contributed by atoms with Gasteiger partial charge >= 0.3 is 0 Å². The monoisotopic (exact) mass is 298 g/mol. The highest BCUT2D eigenvalue weighted by Gasteiger charge is 2.25. The van der Waals surface area contributed by atoms with Gasteiger partial charge in [0.1, 0.15) is 17.3 Å². The zero-order valence-corrected chi connectivity index (χ0v) is 12.2. The maximum atomic E-state index is 14.1. The molecule has 0 radical (unpaired) electrons. The Bertz CT molecular complexity index is 527. The number of nitrogens with zero attached hydrogens (tertiary/aromatic N) is 3. The van der Waals surface area contributed by atoms with E-state index in [2.05, 4.69) is 10.1 Å². The lowest BCUT2D eigenvalue weighted by Gasteiger charge is -2.28. The Balaban J connectivity index is 2.23. The van der Waals surface area contributed by atoms with Gasteiger partial charge in [0.2, 0.25) is 0 Å². The van der Waals surface area contributed by atoms with E-state index in [4.69, 9.17) is 10.9 Å². The Morgan fingerprint density at radius 1 is 1.48 bits per heavy atom. The molecule has 3 N–H and O–H groups in total. The van der Waals surface area contributed by atoms with E-state index in [0.717, 1.165) is 31.5 Å². The van der Waals surface area contributed by atoms with Gasteiger partial charge in [-0.3, -0.25) is 0 Å². The van der Waals surface area contributed by atoms with Crippen LogP contribution in [-0.2, 0) is 0 Å². The normalized spacial score (nSPS) is 20.0. The number of anilines is 1. The molecule has 116 valence electrons. The van der Waals surface area contributed by atoms with Gasteiger partial charge in [-0.2, -0.15) is 0 Å². The number of hydrogen-bond donors (Lipinski definition) is 2. The molecular formula is C14H20F2N4O. The number of halogens is 2. The summed E-state index contributed by atoms with van der Waals surface area (Å²) in [4.78, 5) is 3.77. The van der Waals surface area contributed by atoms with Crippen molar-refractivity contribution in [3.05, 3.63) is 29.3 Å². The first-order valence-corrected chi connectivity index (χ1v) is 6.82. The van der Waals surface area contributed by atoms with Crippen LogP contribution in [0, 0.1) is 11.6 Å². The Labute approximate surface area is 122 Å². The van der Waals surface area contributed by atoms with Gasteiger partial charge in [-0.1, -0.05) is 5.16 Å². The molecule has 1 heterocycles. The van der Waals surface area contributed by atoms with Crippen LogP contribution < -0.4 is 10.6 Å². The zero-order valence-electron chi connectivity index (χ0n) is 12.2. The van der Waals surface area contributed by atoms with Crippen LogP contribution in [-0.4, -0.2) is 49.2 Å². The van der Waals surface area contributed by atoms with E-state index in [1.165, 1.54) is 0 Å². The summed E-state index contributed by atoms with van der Waals surface area (Å²) in [6.07, 6.45) is 2.12. The zero-order chi connectivity index (χ0) is 15.6. The Kier molecular flexibility index (Phi) is 4.62. The van der Waals surface area contributed by atoms with E-state index in [9.17, 15) is 8.78 Å². The van der Waals surface area contributed by atoms with Crippen molar-refractivity contribution in [2.45, 2.75) is 18.9 Å². The molecule has 21 heavy (non-hydrogen) atoms. The van der Waals surface area contributed by atoms with Crippen LogP contribution in [0.3, 0.4) is 0 Å². The summed E-state index contributed by atoms with van der Waals surface area (Å²) in [5.41, 5.74) is 5.28. The number of rotatable bonds is 4. The minimum absolute atomic E-state index is 0.0163. The minimum atomic E-state index is -0.722. The molecule has 1 fully saturated rings. The molecule has 1 aromatic carbocycles. The smallest absolute Gasteiger partial charge is 0.170 e. The third-order valence-electron chi connectivity index (χ3n) is 3.96. The fourth-order valence-corrected chi connectivity index (χ4v) is 2.75. The predicted molar refractivity (Wildman–Crippen MR) is 77.8 cm³/mol. The number of benzene rings is 1. The van der Waals surface area contributed by atoms with Crippen molar-refractivity contribution in [3.63, 3.8) is 0 Å². The number of likely N-dealkylation sites (tertiary alicyclic amines) is 1. The standard InChI is InChI=1S/C14H20F2N4O/c1-19-5-3-4-10(19)8-20(2)13-11(15)6-9(7-12(13)16)14(17)18-21/h6-7,10,21H,3-5,8H2,1-2H3,(H2,17,18). The molecule has 1 aromatic rings. The van der Waals surface area contributed by atoms with Crippen molar-refractivity contribution < 1.29 is 14.0 Å². The molecule has 0 amide bonds. The highest BCUT2D eigenvalue weighted by molar-refractivity contribution is 5.97. The second-order valence-corrected chi connectivity index (χ2v) is 5.43. The predicted octanol–water partition coefficient (Wildman–Crippen LogP) is 1.59. The van der Waals surface area contributed by atoms with Gasteiger partial charge < -0.3 is 20.7 Å². The van der Waals surface area contributed by atoms with Gasteiger partial charge in [0.25, 0.3) is 0 Å². The summed E-state index contributed by atoms with van der Waals surface area (Å²) in [6, 6.07) is 2.43. The summed E-state index contributed by atoms with van der Waals surface area (Å²) in [7, 11) is 3.68. The van der Waals surface area contributed by atoms with Crippen molar-refractivity contribution in [2.24, 2.45) is 10.9 Å². The average molecular weight is 298 g/mol. The van der Waals surface area contributed by atoms with Crippen LogP contribution >= 0.6 is 0 Å². The number of hydrogen-bond acceptors (Lipinski definition) is 4. The van der Waals surface area contributed by atoms with E-state index in [1.54, 1.807) is 11.9 Å². The molecule has 1 saturated heterocycles.